The Kier molecular flexibility index (Phi) is 4.70. The molecule has 2 aromatic carbocycles. The molecule has 0 saturated carbocycles. The maximum Gasteiger partial charge on any atom is 0.258 e. The molecule has 1 aliphatic rings. The van der Waals surface area contributed by atoms with Gasteiger partial charge in [-0.15, -0.1) is 0 Å². The first-order valence-corrected chi connectivity index (χ1v) is 8.43. The highest BCUT2D eigenvalue weighted by atomic mass is 16.5. The average molecular weight is 335 g/mol. The molecule has 1 heterocycles. The van der Waals surface area contributed by atoms with Gasteiger partial charge in [0.05, 0.1) is 5.69 Å². The van der Waals surface area contributed by atoms with Crippen molar-refractivity contribution in [3.05, 3.63) is 65.2 Å². The lowest BCUT2D eigenvalue weighted by Crippen LogP contribution is -2.29. The first-order valence-electron chi connectivity index (χ1n) is 8.43. The van der Waals surface area contributed by atoms with E-state index in [0.717, 1.165) is 34.6 Å². The van der Waals surface area contributed by atoms with Gasteiger partial charge in [-0.3, -0.25) is 9.59 Å². The predicted molar refractivity (Wildman–Crippen MR) is 98.1 cm³/mol. The monoisotopic (exact) mass is 335 g/mol. The standard InChI is InChI=1S/C21H21NO3/c1-4-5-16-12-14(2)21(15(3)13-16)25-18-8-6-17(7-9-18)22-19(23)10-11-20(22)24/h6-13H,4-5H2,1-3H3. The smallest absolute Gasteiger partial charge is 0.258 e. The zero-order valence-corrected chi connectivity index (χ0v) is 14.7. The third-order valence-electron chi connectivity index (χ3n) is 4.18. The Bertz CT molecular complexity index is 809. The molecule has 4 nitrogen and oxygen atoms in total. The summed E-state index contributed by atoms with van der Waals surface area (Å²) in [6, 6.07) is 11.3. The van der Waals surface area contributed by atoms with E-state index < -0.39 is 0 Å². The first-order chi connectivity index (χ1) is 12.0. The molecule has 0 N–H and O–H groups in total. The predicted octanol–water partition coefficient (Wildman–Crippen LogP) is 4.48. The van der Waals surface area contributed by atoms with Crippen molar-refractivity contribution in [2.45, 2.75) is 33.6 Å². The SMILES string of the molecule is CCCc1cc(C)c(Oc2ccc(N3C(=O)C=CC3=O)cc2)c(C)c1. The van der Waals surface area contributed by atoms with Crippen LogP contribution < -0.4 is 9.64 Å². The van der Waals surface area contributed by atoms with Gasteiger partial charge in [0.15, 0.2) is 0 Å². The van der Waals surface area contributed by atoms with Crippen LogP contribution in [0.25, 0.3) is 0 Å². The lowest BCUT2D eigenvalue weighted by atomic mass is 10.0. The van der Waals surface area contributed by atoms with Gasteiger partial charge in [0.2, 0.25) is 0 Å². The second-order valence-corrected chi connectivity index (χ2v) is 6.25. The van der Waals surface area contributed by atoms with E-state index in [1.807, 2.05) is 13.8 Å². The fourth-order valence-electron chi connectivity index (χ4n) is 3.07. The van der Waals surface area contributed by atoms with Crippen molar-refractivity contribution >= 4 is 17.5 Å². The van der Waals surface area contributed by atoms with E-state index in [4.69, 9.17) is 4.74 Å². The van der Waals surface area contributed by atoms with Crippen molar-refractivity contribution in [3.8, 4) is 11.5 Å². The number of imide groups is 1. The first kappa shape index (κ1) is 17.0. The summed E-state index contributed by atoms with van der Waals surface area (Å²) >= 11 is 0. The van der Waals surface area contributed by atoms with Crippen molar-refractivity contribution in [1.82, 2.24) is 0 Å². The maximum atomic E-state index is 11.7. The number of ether oxygens (including phenoxy) is 1. The zero-order valence-electron chi connectivity index (χ0n) is 14.7. The van der Waals surface area contributed by atoms with Crippen LogP contribution in [-0.4, -0.2) is 11.8 Å². The number of nitrogens with zero attached hydrogens (tertiary/aromatic N) is 1. The lowest BCUT2D eigenvalue weighted by molar-refractivity contribution is -0.119. The highest BCUT2D eigenvalue weighted by Gasteiger charge is 2.24. The number of amides is 2. The number of hydrogen-bond donors (Lipinski definition) is 0. The van der Waals surface area contributed by atoms with Gasteiger partial charge in [-0.2, -0.15) is 0 Å². The number of benzene rings is 2. The molecule has 25 heavy (non-hydrogen) atoms. The summed E-state index contributed by atoms with van der Waals surface area (Å²) in [7, 11) is 0. The van der Waals surface area contributed by atoms with Crippen molar-refractivity contribution in [2.24, 2.45) is 0 Å². The Balaban J connectivity index is 1.80. The number of carbonyl (C=O) groups is 2. The summed E-state index contributed by atoms with van der Waals surface area (Å²) in [5.41, 5.74) is 4.06. The molecule has 0 atom stereocenters. The third kappa shape index (κ3) is 3.48. The van der Waals surface area contributed by atoms with Crippen LogP contribution in [0.5, 0.6) is 11.5 Å². The Morgan fingerprint density at radius 1 is 0.920 bits per heavy atom. The Morgan fingerprint density at radius 3 is 2.00 bits per heavy atom. The summed E-state index contributed by atoms with van der Waals surface area (Å²) in [5, 5.41) is 0. The van der Waals surface area contributed by atoms with Crippen LogP contribution in [0.4, 0.5) is 5.69 Å². The molecule has 0 aromatic heterocycles. The highest BCUT2D eigenvalue weighted by molar-refractivity contribution is 6.28. The Morgan fingerprint density at radius 2 is 1.48 bits per heavy atom. The average Bonchev–Trinajstić information content (AvgIpc) is 2.91. The molecule has 2 aromatic rings. The third-order valence-corrected chi connectivity index (χ3v) is 4.18. The van der Waals surface area contributed by atoms with E-state index >= 15 is 0 Å². The van der Waals surface area contributed by atoms with Gasteiger partial charge in [0.1, 0.15) is 11.5 Å². The summed E-state index contributed by atoms with van der Waals surface area (Å²) in [4.78, 5) is 24.6. The zero-order chi connectivity index (χ0) is 18.0. The van der Waals surface area contributed by atoms with E-state index in [0.29, 0.717) is 11.4 Å². The van der Waals surface area contributed by atoms with Gasteiger partial charge >= 0.3 is 0 Å². The molecule has 0 radical (unpaired) electrons. The number of rotatable bonds is 5. The van der Waals surface area contributed by atoms with Crippen molar-refractivity contribution in [2.75, 3.05) is 4.90 Å². The summed E-state index contributed by atoms with van der Waals surface area (Å²) in [6.07, 6.45) is 4.72. The van der Waals surface area contributed by atoms with Gasteiger partial charge < -0.3 is 4.74 Å². The molecular weight excluding hydrogens is 314 g/mol. The van der Waals surface area contributed by atoms with Crippen LogP contribution >= 0.6 is 0 Å². The van der Waals surface area contributed by atoms with Gasteiger partial charge in [-0.1, -0.05) is 25.5 Å². The molecule has 128 valence electrons. The molecule has 0 bridgehead atoms. The fraction of sp³-hybridized carbons (Fsp3) is 0.238. The molecule has 3 rings (SSSR count). The molecule has 1 aliphatic heterocycles. The van der Waals surface area contributed by atoms with Crippen molar-refractivity contribution in [3.63, 3.8) is 0 Å². The van der Waals surface area contributed by atoms with E-state index in [2.05, 4.69) is 19.1 Å². The van der Waals surface area contributed by atoms with Gasteiger partial charge in [-0.25, -0.2) is 4.90 Å². The Labute approximate surface area is 147 Å². The van der Waals surface area contributed by atoms with Crippen LogP contribution in [0.2, 0.25) is 0 Å². The van der Waals surface area contributed by atoms with Crippen LogP contribution in [0.15, 0.2) is 48.6 Å². The Hall–Kier alpha value is -2.88. The van der Waals surface area contributed by atoms with Crippen LogP contribution in [-0.2, 0) is 16.0 Å². The summed E-state index contributed by atoms with van der Waals surface area (Å²) < 4.78 is 6.04. The summed E-state index contributed by atoms with van der Waals surface area (Å²) in [5.74, 6) is 0.876. The molecule has 0 aliphatic carbocycles. The minimum atomic E-state index is -0.322. The van der Waals surface area contributed by atoms with E-state index in [-0.39, 0.29) is 11.8 Å². The fourth-order valence-corrected chi connectivity index (χ4v) is 3.07. The van der Waals surface area contributed by atoms with Crippen LogP contribution in [0, 0.1) is 13.8 Å². The van der Waals surface area contributed by atoms with Gasteiger partial charge in [-0.05, 0) is 61.2 Å². The van der Waals surface area contributed by atoms with Gasteiger partial charge in [0, 0.05) is 12.2 Å². The van der Waals surface area contributed by atoms with E-state index in [1.165, 1.54) is 17.7 Å². The quantitative estimate of drug-likeness (QED) is 0.757. The summed E-state index contributed by atoms with van der Waals surface area (Å²) in [6.45, 7) is 6.26. The normalized spacial score (nSPS) is 13.6. The molecule has 0 fully saturated rings. The van der Waals surface area contributed by atoms with Gasteiger partial charge in [0.25, 0.3) is 11.8 Å². The largest absolute Gasteiger partial charge is 0.457 e. The second-order valence-electron chi connectivity index (χ2n) is 6.25. The maximum absolute atomic E-state index is 11.7. The molecule has 4 heteroatoms. The highest BCUT2D eigenvalue weighted by Crippen LogP contribution is 2.31. The molecular formula is C21H21NO3. The number of anilines is 1. The molecule has 0 saturated heterocycles. The topological polar surface area (TPSA) is 46.6 Å². The van der Waals surface area contributed by atoms with Crippen molar-refractivity contribution in [1.29, 1.82) is 0 Å². The number of aryl methyl sites for hydroxylation is 3. The minimum Gasteiger partial charge on any atom is -0.457 e. The molecule has 2 amide bonds. The lowest BCUT2D eigenvalue weighted by Gasteiger charge is -2.16. The number of carbonyl (C=O) groups excluding carboxylic acids is 2. The molecule has 0 unspecified atom stereocenters. The van der Waals surface area contributed by atoms with Crippen LogP contribution in [0.3, 0.4) is 0 Å². The minimum absolute atomic E-state index is 0.322. The van der Waals surface area contributed by atoms with E-state index in [1.54, 1.807) is 24.3 Å². The number of hydrogen-bond acceptors (Lipinski definition) is 3. The molecule has 0 spiro atoms. The van der Waals surface area contributed by atoms with Crippen LogP contribution in [0.1, 0.15) is 30.0 Å². The van der Waals surface area contributed by atoms with E-state index in [9.17, 15) is 9.59 Å². The van der Waals surface area contributed by atoms with Crippen molar-refractivity contribution < 1.29 is 14.3 Å². The second kappa shape index (κ2) is 6.93.